The van der Waals surface area contributed by atoms with Crippen LogP contribution >= 0.6 is 11.8 Å². The Labute approximate surface area is 405 Å². The highest BCUT2D eigenvalue weighted by molar-refractivity contribution is 7.99. The fourth-order valence-corrected chi connectivity index (χ4v) is 10.0. The Bertz CT molecular complexity index is 860. The summed E-state index contributed by atoms with van der Waals surface area (Å²) in [6.07, 6.45) is 14.1. The number of piperazine rings is 1. The molecule has 10 nitrogen and oxygen atoms in total. The number of morpholine rings is 1. The van der Waals surface area contributed by atoms with E-state index in [1.807, 2.05) is 0 Å². The summed E-state index contributed by atoms with van der Waals surface area (Å²) in [6, 6.07) is 5.20. The van der Waals surface area contributed by atoms with Crippen LogP contribution in [0.1, 0.15) is 161 Å². The lowest BCUT2D eigenvalue weighted by molar-refractivity contribution is 0.0238. The van der Waals surface area contributed by atoms with Gasteiger partial charge in [-0.25, -0.2) is 0 Å². The number of nitrogens with one attached hydrogen (secondary N) is 2. The van der Waals surface area contributed by atoms with Crippen LogP contribution in [-0.2, 0) is 4.74 Å². The number of likely N-dealkylation sites (tertiary alicyclic amines) is 3. The molecule has 0 bridgehead atoms. The third-order valence-electron chi connectivity index (χ3n) is 13.9. The van der Waals surface area contributed by atoms with Crippen LogP contribution in [0.25, 0.3) is 0 Å². The van der Waals surface area contributed by atoms with Crippen LogP contribution in [0.2, 0.25) is 0 Å². The highest BCUT2D eigenvalue weighted by atomic mass is 32.2. The molecule has 64 heavy (non-hydrogen) atoms. The van der Waals surface area contributed by atoms with Crippen molar-refractivity contribution >= 4 is 11.8 Å². The van der Waals surface area contributed by atoms with E-state index in [0.29, 0.717) is 6.04 Å². The second-order valence-corrected chi connectivity index (χ2v) is 22.4. The molecule has 0 amide bonds. The van der Waals surface area contributed by atoms with Crippen molar-refractivity contribution in [1.29, 1.82) is 0 Å². The maximum Gasteiger partial charge on any atom is 0.0594 e. The van der Waals surface area contributed by atoms with Crippen molar-refractivity contribution in [3.05, 3.63) is 0 Å². The molecule has 7 aliphatic heterocycles. The Balaban J connectivity index is 0.000000374. The normalized spacial score (nSPS) is 23.0. The summed E-state index contributed by atoms with van der Waals surface area (Å²) in [7, 11) is 0. The van der Waals surface area contributed by atoms with Gasteiger partial charge in [0.15, 0.2) is 0 Å². The van der Waals surface area contributed by atoms with Gasteiger partial charge in [-0.1, -0.05) is 19.3 Å². The second-order valence-electron chi connectivity index (χ2n) is 21.2. The maximum absolute atomic E-state index is 5.21. The van der Waals surface area contributed by atoms with Crippen LogP contribution < -0.4 is 10.6 Å². The summed E-state index contributed by atoms with van der Waals surface area (Å²) >= 11 is 2.07. The van der Waals surface area contributed by atoms with Gasteiger partial charge in [-0.2, -0.15) is 11.8 Å². The van der Waals surface area contributed by atoms with Gasteiger partial charge < -0.3 is 30.1 Å². The molecule has 7 heterocycles. The fraction of sp³-hybridized carbons (Fsp3) is 1.00. The Morgan fingerprint density at radius 1 is 0.281 bits per heavy atom. The van der Waals surface area contributed by atoms with Gasteiger partial charge in [-0.05, 0) is 194 Å². The average Bonchev–Trinajstić information content (AvgIpc) is 3.51. The number of nitrogens with zero attached hydrogens (tertiary/aromatic N) is 7. The Kier molecular flexibility index (Phi) is 38.5. The second kappa shape index (κ2) is 39.8. The summed E-state index contributed by atoms with van der Waals surface area (Å²) in [6.45, 7) is 56.0. The molecule has 7 rings (SSSR count). The number of piperidine rings is 1. The lowest BCUT2D eigenvalue weighted by Gasteiger charge is -2.30. The van der Waals surface area contributed by atoms with E-state index in [-0.39, 0.29) is 0 Å². The Morgan fingerprint density at radius 2 is 0.531 bits per heavy atom. The smallest absolute Gasteiger partial charge is 0.0594 e. The molecule has 2 N–H and O–H groups in total. The highest BCUT2D eigenvalue weighted by Gasteiger charge is 2.16. The predicted molar refractivity (Wildman–Crippen MR) is 287 cm³/mol. The third kappa shape index (κ3) is 31.9. The minimum absolute atomic E-state index is 0.689. The van der Waals surface area contributed by atoms with E-state index in [1.165, 1.54) is 161 Å². The molecule has 0 aliphatic carbocycles. The van der Waals surface area contributed by atoms with Gasteiger partial charge in [-0.15, -0.1) is 0 Å². The van der Waals surface area contributed by atoms with Gasteiger partial charge in [0, 0.05) is 119 Å². The number of hydrogen-bond donors (Lipinski definition) is 2. The molecular weight excluding hydrogens is 811 g/mol. The van der Waals surface area contributed by atoms with Crippen molar-refractivity contribution in [2.24, 2.45) is 0 Å². The number of ether oxygens (including phenoxy) is 1. The number of rotatable bonds is 7. The first kappa shape index (κ1) is 62.0. The van der Waals surface area contributed by atoms with E-state index < -0.39 is 0 Å². The highest BCUT2D eigenvalue weighted by Crippen LogP contribution is 2.14. The molecule has 0 spiro atoms. The summed E-state index contributed by atoms with van der Waals surface area (Å²) in [5.41, 5.74) is 0. The monoisotopic (exact) mass is 926 g/mol. The predicted octanol–water partition coefficient (Wildman–Crippen LogP) is 8.80. The lowest BCUT2D eigenvalue weighted by Crippen LogP contribution is -2.46. The summed E-state index contributed by atoms with van der Waals surface area (Å²) < 4.78 is 5.21. The Hall–Kier alpha value is -0.0500. The topological polar surface area (TPSA) is 56.0 Å². The van der Waals surface area contributed by atoms with Crippen LogP contribution in [0.5, 0.6) is 0 Å². The quantitative estimate of drug-likeness (QED) is 0.258. The third-order valence-corrected chi connectivity index (χ3v) is 14.8. The van der Waals surface area contributed by atoms with Crippen LogP contribution in [0.3, 0.4) is 0 Å². The average molecular weight is 927 g/mol. The fourth-order valence-electron chi connectivity index (χ4n) is 9.07. The summed E-state index contributed by atoms with van der Waals surface area (Å²) in [5, 5.41) is 6.72. The minimum atomic E-state index is 0.689. The summed E-state index contributed by atoms with van der Waals surface area (Å²) in [4.78, 5) is 17.7. The zero-order valence-corrected chi connectivity index (χ0v) is 46.4. The first-order valence-electron chi connectivity index (χ1n) is 27.4. The van der Waals surface area contributed by atoms with Crippen LogP contribution in [0.15, 0.2) is 0 Å². The van der Waals surface area contributed by atoms with Crippen molar-refractivity contribution in [1.82, 2.24) is 44.9 Å². The molecule has 0 atom stereocenters. The lowest BCUT2D eigenvalue weighted by atomic mass is 10.1. The maximum atomic E-state index is 5.21. The molecule has 0 unspecified atom stereocenters. The molecule has 7 aliphatic rings. The molecule has 0 saturated carbocycles. The van der Waals surface area contributed by atoms with Crippen LogP contribution in [0.4, 0.5) is 0 Å². The molecule has 11 heteroatoms. The van der Waals surface area contributed by atoms with E-state index in [9.17, 15) is 0 Å². The van der Waals surface area contributed by atoms with Crippen molar-refractivity contribution < 1.29 is 4.74 Å². The van der Waals surface area contributed by atoms with Gasteiger partial charge in [0.1, 0.15) is 0 Å². The first-order valence-corrected chi connectivity index (χ1v) is 28.5. The zero-order chi connectivity index (χ0) is 47.5. The van der Waals surface area contributed by atoms with Gasteiger partial charge in [-0.3, -0.25) is 19.6 Å². The van der Waals surface area contributed by atoms with Crippen molar-refractivity contribution in [3.8, 4) is 0 Å². The molecular formula is C53H115N9OS. The van der Waals surface area contributed by atoms with E-state index >= 15 is 0 Å². The van der Waals surface area contributed by atoms with Gasteiger partial charge >= 0.3 is 0 Å². The number of thioether (sulfide) groups is 1. The van der Waals surface area contributed by atoms with Crippen molar-refractivity contribution in [3.63, 3.8) is 0 Å². The Morgan fingerprint density at radius 3 is 0.859 bits per heavy atom. The SMILES string of the molecule is CC(C)N1CCCC1.CC(C)N1CCCCC1.CC(C)N1CCCCCC1.CC(C)N1CCCNCC1.CC(C)N1CCNCC1.CC(C)N1CCOCC1.CC(C)N1CCSCC1. The van der Waals surface area contributed by atoms with Crippen LogP contribution in [-0.4, -0.2) is 219 Å². The molecule has 0 aromatic heterocycles. The van der Waals surface area contributed by atoms with E-state index in [0.717, 1.165) is 82.2 Å². The molecule has 0 radical (unpaired) electrons. The minimum Gasteiger partial charge on any atom is -0.379 e. The van der Waals surface area contributed by atoms with Gasteiger partial charge in [0.05, 0.1) is 13.2 Å². The van der Waals surface area contributed by atoms with Gasteiger partial charge in [0.2, 0.25) is 0 Å². The standard InChI is InChI=1S/C9H19N.C8H18N2.C8H17N.C7H16N2.C7H15NO.C7H15NS.C7H15N/c1-9(2)10-7-5-3-4-6-8-10;1-8(2)10-6-3-4-9-5-7-10;1-8(2)9-6-4-3-5-7-9;1-7(2)9-5-3-8-4-6-9;2*1-7(2)8-3-5-9-6-4-8;1-7(2)8-5-3-4-6-8/h9H,3-8H2,1-2H3;8-9H,3-7H2,1-2H3;8H,3-7H2,1-2H3;7-8H,3-6H2,1-2H3;2*7H,3-6H2,1-2H3;7H,3-6H2,1-2H3. The molecule has 0 aromatic carbocycles. The molecule has 0 aromatic rings. The summed E-state index contributed by atoms with van der Waals surface area (Å²) in [5.74, 6) is 2.66. The van der Waals surface area contributed by atoms with E-state index in [2.05, 4.69) is 154 Å². The first-order chi connectivity index (χ1) is 30.6. The van der Waals surface area contributed by atoms with E-state index in [1.54, 1.807) is 0 Å². The number of hydrogen-bond acceptors (Lipinski definition) is 11. The van der Waals surface area contributed by atoms with Crippen LogP contribution in [0, 0.1) is 0 Å². The van der Waals surface area contributed by atoms with Gasteiger partial charge in [0.25, 0.3) is 0 Å². The molecule has 384 valence electrons. The van der Waals surface area contributed by atoms with Crippen molar-refractivity contribution in [2.45, 2.75) is 203 Å². The molecule has 7 saturated heterocycles. The van der Waals surface area contributed by atoms with Crippen molar-refractivity contribution in [2.75, 3.05) is 143 Å². The zero-order valence-electron chi connectivity index (χ0n) is 45.6. The van der Waals surface area contributed by atoms with E-state index in [4.69, 9.17) is 4.74 Å². The largest absolute Gasteiger partial charge is 0.379 e. The molecule has 7 fully saturated rings.